The van der Waals surface area contributed by atoms with E-state index in [2.05, 4.69) is 29.5 Å². The van der Waals surface area contributed by atoms with Crippen molar-refractivity contribution in [1.29, 1.82) is 0 Å². The molecule has 20 heavy (non-hydrogen) atoms. The maximum Gasteiger partial charge on any atom is 0.251 e. The van der Waals surface area contributed by atoms with E-state index in [1.165, 1.54) is 0 Å². The Bertz CT molecular complexity index is 413. The zero-order chi connectivity index (χ0) is 15.0. The predicted octanol–water partition coefficient (Wildman–Crippen LogP) is 2.95. The van der Waals surface area contributed by atoms with Gasteiger partial charge >= 0.3 is 0 Å². The first-order valence-corrected chi connectivity index (χ1v) is 8.45. The van der Waals surface area contributed by atoms with Crippen LogP contribution in [-0.4, -0.2) is 35.5 Å². The van der Waals surface area contributed by atoms with Gasteiger partial charge in [-0.05, 0) is 31.7 Å². The Morgan fingerprint density at radius 1 is 1.40 bits per heavy atom. The average molecular weight is 295 g/mol. The lowest BCUT2D eigenvalue weighted by molar-refractivity contribution is 0.0954. The van der Waals surface area contributed by atoms with Gasteiger partial charge in [0.15, 0.2) is 0 Å². The van der Waals surface area contributed by atoms with Crippen molar-refractivity contribution >= 4 is 23.5 Å². The van der Waals surface area contributed by atoms with Crippen LogP contribution in [0.3, 0.4) is 0 Å². The zero-order valence-electron chi connectivity index (χ0n) is 12.8. The summed E-state index contributed by atoms with van der Waals surface area (Å²) >= 11 is 1.75. The van der Waals surface area contributed by atoms with Gasteiger partial charge in [0.1, 0.15) is 5.82 Å². The fourth-order valence-electron chi connectivity index (χ4n) is 1.80. The molecule has 0 aliphatic rings. The highest BCUT2D eigenvalue weighted by Gasteiger charge is 2.10. The number of pyridine rings is 1. The van der Waals surface area contributed by atoms with Crippen molar-refractivity contribution < 1.29 is 4.79 Å². The Balaban J connectivity index is 2.83. The second kappa shape index (κ2) is 8.84. The highest BCUT2D eigenvalue weighted by Crippen LogP contribution is 2.12. The van der Waals surface area contributed by atoms with Crippen LogP contribution < -0.4 is 10.6 Å². The smallest absolute Gasteiger partial charge is 0.251 e. The average Bonchev–Trinajstić information content (AvgIpc) is 2.44. The van der Waals surface area contributed by atoms with E-state index < -0.39 is 0 Å². The van der Waals surface area contributed by atoms with Crippen LogP contribution in [0, 0.1) is 0 Å². The van der Waals surface area contributed by atoms with E-state index in [0.29, 0.717) is 17.4 Å². The van der Waals surface area contributed by atoms with Crippen LogP contribution in [0.15, 0.2) is 12.1 Å². The summed E-state index contributed by atoms with van der Waals surface area (Å²) in [6.45, 7) is 7.72. The molecule has 0 aliphatic heterocycles. The van der Waals surface area contributed by atoms with E-state index >= 15 is 0 Å². The van der Waals surface area contributed by atoms with E-state index in [0.717, 1.165) is 30.9 Å². The van der Waals surface area contributed by atoms with Crippen molar-refractivity contribution in [2.75, 3.05) is 24.7 Å². The monoisotopic (exact) mass is 295 g/mol. The number of hydrogen-bond donors (Lipinski definition) is 2. The van der Waals surface area contributed by atoms with Crippen molar-refractivity contribution in [3.8, 4) is 0 Å². The molecule has 0 fully saturated rings. The number of nitrogens with one attached hydrogen (secondary N) is 2. The van der Waals surface area contributed by atoms with E-state index in [1.807, 2.05) is 25.3 Å². The highest BCUT2D eigenvalue weighted by molar-refractivity contribution is 7.99. The molecule has 0 radical (unpaired) electrons. The van der Waals surface area contributed by atoms with Crippen LogP contribution in [0.4, 0.5) is 5.82 Å². The van der Waals surface area contributed by atoms with E-state index in [1.54, 1.807) is 11.8 Å². The fraction of sp³-hybridized carbons (Fsp3) is 0.600. The topological polar surface area (TPSA) is 54.0 Å². The Labute approximate surface area is 126 Å². The molecule has 112 valence electrons. The lowest BCUT2D eigenvalue weighted by Crippen LogP contribution is -2.29. The summed E-state index contributed by atoms with van der Waals surface area (Å²) in [5, 5.41) is 6.58. The molecule has 1 unspecified atom stereocenters. The first-order chi connectivity index (χ1) is 9.60. The molecule has 1 amide bonds. The van der Waals surface area contributed by atoms with E-state index in [9.17, 15) is 4.79 Å². The number of carbonyl (C=O) groups is 1. The van der Waals surface area contributed by atoms with Crippen LogP contribution in [0.5, 0.6) is 0 Å². The summed E-state index contributed by atoms with van der Waals surface area (Å²) in [5.74, 6) is 0.756. The molecule has 1 rings (SSSR count). The van der Waals surface area contributed by atoms with Gasteiger partial charge in [0.2, 0.25) is 0 Å². The maximum absolute atomic E-state index is 12.2. The number of anilines is 1. The third kappa shape index (κ3) is 5.41. The van der Waals surface area contributed by atoms with Gasteiger partial charge in [-0.15, -0.1) is 0 Å². The molecule has 1 aromatic heterocycles. The molecule has 5 heteroatoms. The van der Waals surface area contributed by atoms with Gasteiger partial charge in [-0.2, -0.15) is 11.8 Å². The summed E-state index contributed by atoms with van der Waals surface area (Å²) in [4.78, 5) is 16.7. The summed E-state index contributed by atoms with van der Waals surface area (Å²) in [6, 6.07) is 3.71. The largest absolute Gasteiger partial charge is 0.370 e. The molecule has 1 aromatic rings. The summed E-state index contributed by atoms with van der Waals surface area (Å²) in [7, 11) is 0. The summed E-state index contributed by atoms with van der Waals surface area (Å²) in [6.07, 6.45) is 3.96. The SMILES string of the molecule is CCCc1cc(C(=O)NCC(C)SC)cc(NCC)n1. The first-order valence-electron chi connectivity index (χ1n) is 7.16. The van der Waals surface area contributed by atoms with Crippen LogP contribution >= 0.6 is 11.8 Å². The van der Waals surface area contributed by atoms with Crippen molar-refractivity contribution in [2.24, 2.45) is 0 Å². The van der Waals surface area contributed by atoms with Crippen LogP contribution in [0.1, 0.15) is 43.2 Å². The van der Waals surface area contributed by atoms with Gasteiger partial charge in [0.05, 0.1) is 0 Å². The predicted molar refractivity (Wildman–Crippen MR) is 87.7 cm³/mol. The fourth-order valence-corrected chi connectivity index (χ4v) is 2.05. The molecular weight excluding hydrogens is 270 g/mol. The zero-order valence-corrected chi connectivity index (χ0v) is 13.6. The second-order valence-electron chi connectivity index (χ2n) is 4.77. The standard InChI is InChI=1S/C15H25N3OS/c1-5-7-13-8-12(9-14(18-13)16-6-2)15(19)17-10-11(3)20-4/h8-9,11H,5-7,10H2,1-4H3,(H,16,18)(H,17,19). The molecule has 0 aliphatic carbocycles. The molecule has 4 nitrogen and oxygen atoms in total. The number of aryl methyl sites for hydroxylation is 1. The van der Waals surface area contributed by atoms with Crippen molar-refractivity contribution in [2.45, 2.75) is 38.9 Å². The second-order valence-corrected chi connectivity index (χ2v) is 6.05. The quantitative estimate of drug-likeness (QED) is 0.774. The first kappa shape index (κ1) is 16.8. The van der Waals surface area contributed by atoms with Crippen LogP contribution in [0.25, 0.3) is 0 Å². The van der Waals surface area contributed by atoms with Gasteiger partial charge in [-0.1, -0.05) is 20.3 Å². The Morgan fingerprint density at radius 3 is 2.75 bits per heavy atom. The molecule has 0 aromatic carbocycles. The summed E-state index contributed by atoms with van der Waals surface area (Å²) < 4.78 is 0. The number of nitrogens with zero attached hydrogens (tertiary/aromatic N) is 1. The molecular formula is C15H25N3OS. The van der Waals surface area contributed by atoms with Gasteiger partial charge in [0, 0.05) is 29.6 Å². The molecule has 1 atom stereocenters. The number of amides is 1. The number of thioether (sulfide) groups is 1. The molecule has 0 saturated heterocycles. The lowest BCUT2D eigenvalue weighted by Gasteiger charge is -2.12. The number of hydrogen-bond acceptors (Lipinski definition) is 4. The minimum absolute atomic E-state index is 0.0233. The molecule has 0 saturated carbocycles. The van der Waals surface area contributed by atoms with Gasteiger partial charge in [-0.25, -0.2) is 4.98 Å². The molecule has 2 N–H and O–H groups in total. The van der Waals surface area contributed by atoms with Crippen LogP contribution in [0.2, 0.25) is 0 Å². The Kier molecular flexibility index (Phi) is 7.44. The third-order valence-electron chi connectivity index (χ3n) is 2.96. The van der Waals surface area contributed by atoms with Gasteiger partial charge in [0.25, 0.3) is 5.91 Å². The van der Waals surface area contributed by atoms with E-state index in [4.69, 9.17) is 0 Å². The molecule has 0 spiro atoms. The lowest BCUT2D eigenvalue weighted by atomic mass is 10.1. The Morgan fingerprint density at radius 2 is 2.15 bits per heavy atom. The third-order valence-corrected chi connectivity index (χ3v) is 3.93. The van der Waals surface area contributed by atoms with E-state index in [-0.39, 0.29) is 5.91 Å². The van der Waals surface area contributed by atoms with Crippen molar-refractivity contribution in [1.82, 2.24) is 10.3 Å². The normalized spacial score (nSPS) is 12.0. The van der Waals surface area contributed by atoms with Gasteiger partial charge < -0.3 is 10.6 Å². The van der Waals surface area contributed by atoms with Gasteiger partial charge in [-0.3, -0.25) is 4.79 Å². The van der Waals surface area contributed by atoms with Crippen LogP contribution in [-0.2, 0) is 6.42 Å². The molecule has 1 heterocycles. The number of rotatable bonds is 8. The minimum Gasteiger partial charge on any atom is -0.370 e. The number of aromatic nitrogens is 1. The maximum atomic E-state index is 12.2. The Hall–Kier alpha value is -1.23. The van der Waals surface area contributed by atoms with Crippen molar-refractivity contribution in [3.05, 3.63) is 23.4 Å². The summed E-state index contributed by atoms with van der Waals surface area (Å²) in [5.41, 5.74) is 1.65. The van der Waals surface area contributed by atoms with Crippen molar-refractivity contribution in [3.63, 3.8) is 0 Å². The minimum atomic E-state index is -0.0233. The highest BCUT2D eigenvalue weighted by atomic mass is 32.2. The molecule has 0 bridgehead atoms. The number of carbonyl (C=O) groups excluding carboxylic acids is 1.